The van der Waals surface area contributed by atoms with Crippen LogP contribution >= 0.6 is 11.3 Å². The monoisotopic (exact) mass is 303 g/mol. The molecule has 1 aromatic heterocycles. The normalized spacial score (nSPS) is 11.5. The van der Waals surface area contributed by atoms with Crippen LogP contribution in [0.4, 0.5) is 0 Å². The van der Waals surface area contributed by atoms with Gasteiger partial charge in [0.05, 0.1) is 11.2 Å². The molecule has 114 valence electrons. The maximum absolute atomic E-state index is 4.36. The molecule has 0 saturated carbocycles. The Kier molecular flexibility index (Phi) is 6.36. The summed E-state index contributed by atoms with van der Waals surface area (Å²) >= 11 is 1.66. The molecular weight excluding hydrogens is 278 g/mol. The zero-order valence-electron chi connectivity index (χ0n) is 13.2. The fourth-order valence-corrected chi connectivity index (χ4v) is 2.94. The lowest BCUT2D eigenvalue weighted by Gasteiger charge is -2.18. The predicted octanol–water partition coefficient (Wildman–Crippen LogP) is 3.32. The van der Waals surface area contributed by atoms with Crippen LogP contribution in [-0.4, -0.2) is 29.5 Å². The molecule has 0 unspecified atom stereocenters. The number of aromatic nitrogens is 1. The summed E-state index contributed by atoms with van der Waals surface area (Å²) in [7, 11) is 2.16. The van der Waals surface area contributed by atoms with Crippen LogP contribution in [-0.2, 0) is 19.5 Å². The van der Waals surface area contributed by atoms with E-state index in [1.165, 1.54) is 11.1 Å². The van der Waals surface area contributed by atoms with E-state index in [9.17, 15) is 0 Å². The summed E-state index contributed by atoms with van der Waals surface area (Å²) < 4.78 is 0. The highest BCUT2D eigenvalue weighted by molar-refractivity contribution is 7.07. The highest BCUT2D eigenvalue weighted by Gasteiger charge is 2.07. The summed E-state index contributed by atoms with van der Waals surface area (Å²) in [5, 5.41) is 5.61. The van der Waals surface area contributed by atoms with Crippen molar-refractivity contribution in [3.63, 3.8) is 0 Å². The Morgan fingerprint density at radius 3 is 2.62 bits per heavy atom. The van der Waals surface area contributed by atoms with Crippen LogP contribution in [0.2, 0.25) is 0 Å². The van der Waals surface area contributed by atoms with Gasteiger partial charge in [0.15, 0.2) is 0 Å². The average molecular weight is 303 g/mol. The van der Waals surface area contributed by atoms with Gasteiger partial charge in [0.25, 0.3) is 0 Å². The Morgan fingerprint density at radius 2 is 1.95 bits per heavy atom. The molecule has 1 aromatic carbocycles. The van der Waals surface area contributed by atoms with Crippen molar-refractivity contribution in [2.75, 3.05) is 13.6 Å². The van der Waals surface area contributed by atoms with Crippen LogP contribution in [0, 0.1) is 0 Å². The maximum Gasteiger partial charge on any atom is 0.0795 e. The van der Waals surface area contributed by atoms with Crippen molar-refractivity contribution in [1.82, 2.24) is 15.2 Å². The van der Waals surface area contributed by atoms with Crippen molar-refractivity contribution < 1.29 is 0 Å². The summed E-state index contributed by atoms with van der Waals surface area (Å²) in [6.07, 6.45) is 1.08. The molecule has 0 spiro atoms. The first-order valence-electron chi connectivity index (χ1n) is 7.51. The van der Waals surface area contributed by atoms with Gasteiger partial charge in [-0.15, -0.1) is 11.3 Å². The molecule has 0 amide bonds. The van der Waals surface area contributed by atoms with Crippen molar-refractivity contribution in [2.45, 2.75) is 39.4 Å². The Balaban J connectivity index is 1.92. The minimum Gasteiger partial charge on any atom is -0.314 e. The van der Waals surface area contributed by atoms with E-state index in [1.807, 2.05) is 5.51 Å². The predicted molar refractivity (Wildman–Crippen MR) is 90.6 cm³/mol. The molecule has 0 atom stereocenters. The van der Waals surface area contributed by atoms with Crippen LogP contribution in [0.1, 0.15) is 30.7 Å². The van der Waals surface area contributed by atoms with Gasteiger partial charge in [0.1, 0.15) is 0 Å². The molecule has 0 bridgehead atoms. The van der Waals surface area contributed by atoms with Crippen molar-refractivity contribution in [1.29, 1.82) is 0 Å². The number of thiazole rings is 1. The van der Waals surface area contributed by atoms with Crippen molar-refractivity contribution >= 4 is 11.3 Å². The van der Waals surface area contributed by atoms with Gasteiger partial charge >= 0.3 is 0 Å². The summed E-state index contributed by atoms with van der Waals surface area (Å²) in [5.74, 6) is 0. The second-order valence-electron chi connectivity index (χ2n) is 5.78. The van der Waals surface area contributed by atoms with Crippen LogP contribution < -0.4 is 5.32 Å². The first kappa shape index (κ1) is 16.1. The third-order valence-electron chi connectivity index (χ3n) is 3.42. The fraction of sp³-hybridized carbons (Fsp3) is 0.471. The van der Waals surface area contributed by atoms with Gasteiger partial charge in [-0.25, -0.2) is 4.98 Å². The molecule has 1 heterocycles. The number of nitrogens with one attached hydrogen (secondary N) is 1. The fourth-order valence-electron chi connectivity index (χ4n) is 2.39. The van der Waals surface area contributed by atoms with E-state index in [2.05, 4.69) is 65.7 Å². The van der Waals surface area contributed by atoms with E-state index in [0.717, 1.165) is 31.7 Å². The van der Waals surface area contributed by atoms with Crippen LogP contribution in [0.3, 0.4) is 0 Å². The largest absolute Gasteiger partial charge is 0.314 e. The molecule has 0 fully saturated rings. The molecular formula is C17H25N3S. The van der Waals surface area contributed by atoms with Crippen molar-refractivity contribution in [2.24, 2.45) is 0 Å². The average Bonchev–Trinajstić information content (AvgIpc) is 2.93. The van der Waals surface area contributed by atoms with Gasteiger partial charge in [-0.05, 0) is 31.1 Å². The Hall–Kier alpha value is -1.23. The van der Waals surface area contributed by atoms with E-state index in [1.54, 1.807) is 11.3 Å². The van der Waals surface area contributed by atoms with E-state index >= 15 is 0 Å². The third-order valence-corrected chi connectivity index (χ3v) is 4.06. The zero-order valence-corrected chi connectivity index (χ0v) is 14.0. The SMILES string of the molecule is CC(C)NCCc1ccccc1CN(C)Cc1cscn1. The third kappa shape index (κ3) is 5.58. The lowest BCUT2D eigenvalue weighted by molar-refractivity contribution is 0.314. The summed E-state index contributed by atoms with van der Waals surface area (Å²) in [4.78, 5) is 6.68. The summed E-state index contributed by atoms with van der Waals surface area (Å²) in [6, 6.07) is 9.29. The first-order valence-corrected chi connectivity index (χ1v) is 8.45. The molecule has 0 radical (unpaired) electrons. The van der Waals surface area contributed by atoms with Crippen LogP contribution in [0.5, 0.6) is 0 Å². The number of rotatable bonds is 8. The van der Waals surface area contributed by atoms with Gasteiger partial charge < -0.3 is 5.32 Å². The number of nitrogens with zero attached hydrogens (tertiary/aromatic N) is 2. The van der Waals surface area contributed by atoms with Crippen LogP contribution in [0.15, 0.2) is 35.2 Å². The first-order chi connectivity index (χ1) is 10.1. The highest BCUT2D eigenvalue weighted by atomic mass is 32.1. The lowest BCUT2D eigenvalue weighted by atomic mass is 10.0. The van der Waals surface area contributed by atoms with Gasteiger partial charge in [-0.2, -0.15) is 0 Å². The van der Waals surface area contributed by atoms with Crippen molar-refractivity contribution in [3.05, 3.63) is 52.0 Å². The Morgan fingerprint density at radius 1 is 1.19 bits per heavy atom. The van der Waals surface area contributed by atoms with Gasteiger partial charge in [-0.3, -0.25) is 4.90 Å². The molecule has 0 saturated heterocycles. The molecule has 0 aliphatic carbocycles. The molecule has 4 heteroatoms. The molecule has 2 rings (SSSR count). The minimum absolute atomic E-state index is 0.546. The zero-order chi connectivity index (χ0) is 15.1. The molecule has 0 aliphatic heterocycles. The molecule has 3 nitrogen and oxygen atoms in total. The minimum atomic E-state index is 0.546. The highest BCUT2D eigenvalue weighted by Crippen LogP contribution is 2.13. The van der Waals surface area contributed by atoms with E-state index in [0.29, 0.717) is 6.04 Å². The second-order valence-corrected chi connectivity index (χ2v) is 6.50. The Labute approximate surface area is 132 Å². The van der Waals surface area contributed by atoms with Gasteiger partial charge in [0.2, 0.25) is 0 Å². The van der Waals surface area contributed by atoms with Gasteiger partial charge in [0, 0.05) is 24.5 Å². The number of hydrogen-bond donors (Lipinski definition) is 1. The van der Waals surface area contributed by atoms with E-state index in [-0.39, 0.29) is 0 Å². The standard InChI is InChI=1S/C17H25N3S/c1-14(2)18-9-8-15-6-4-5-7-16(15)10-20(3)11-17-12-21-13-19-17/h4-7,12-14,18H,8-11H2,1-3H3. The van der Waals surface area contributed by atoms with Gasteiger partial charge in [-0.1, -0.05) is 38.1 Å². The topological polar surface area (TPSA) is 28.2 Å². The van der Waals surface area contributed by atoms with E-state index in [4.69, 9.17) is 0 Å². The number of hydrogen-bond acceptors (Lipinski definition) is 4. The summed E-state index contributed by atoms with van der Waals surface area (Å²) in [6.45, 7) is 7.28. The van der Waals surface area contributed by atoms with Crippen molar-refractivity contribution in [3.8, 4) is 0 Å². The van der Waals surface area contributed by atoms with E-state index < -0.39 is 0 Å². The lowest BCUT2D eigenvalue weighted by Crippen LogP contribution is -2.25. The quantitative estimate of drug-likeness (QED) is 0.811. The molecule has 1 N–H and O–H groups in total. The smallest absolute Gasteiger partial charge is 0.0795 e. The summed E-state index contributed by atoms with van der Waals surface area (Å²) in [5.41, 5.74) is 5.91. The molecule has 21 heavy (non-hydrogen) atoms. The molecule has 2 aromatic rings. The number of benzene rings is 1. The maximum atomic E-state index is 4.36. The van der Waals surface area contributed by atoms with Crippen LogP contribution in [0.25, 0.3) is 0 Å². The second kappa shape index (κ2) is 8.27. The molecule has 0 aliphatic rings. The Bertz CT molecular complexity index is 523.